The zero-order chi connectivity index (χ0) is 23.3. The molecule has 1 unspecified atom stereocenters. The van der Waals surface area contributed by atoms with Crippen LogP contribution >= 0.6 is 11.8 Å². The lowest BCUT2D eigenvalue weighted by atomic mass is 10.2. The van der Waals surface area contributed by atoms with Gasteiger partial charge in [0.2, 0.25) is 10.0 Å². The molecular formula is C25H26N4O2S2. The molecule has 0 saturated carbocycles. The van der Waals surface area contributed by atoms with Crippen LogP contribution < -0.4 is 4.72 Å². The molecule has 6 nitrogen and oxygen atoms in total. The van der Waals surface area contributed by atoms with E-state index in [0.29, 0.717) is 11.0 Å². The van der Waals surface area contributed by atoms with Crippen molar-refractivity contribution in [2.24, 2.45) is 0 Å². The summed E-state index contributed by atoms with van der Waals surface area (Å²) in [5, 5.41) is 9.50. The quantitative estimate of drug-likeness (QED) is 0.341. The summed E-state index contributed by atoms with van der Waals surface area (Å²) in [5.74, 6) is 1.19. The number of hydrogen-bond donors (Lipinski definition) is 1. The number of thioether (sulfide) groups is 1. The fraction of sp³-hybridized carbons (Fsp3) is 0.200. The lowest BCUT2D eigenvalue weighted by molar-refractivity contribution is 0.555. The van der Waals surface area contributed by atoms with Gasteiger partial charge in [-0.25, -0.2) is 13.1 Å². The maximum atomic E-state index is 12.8. The van der Waals surface area contributed by atoms with Gasteiger partial charge >= 0.3 is 0 Å². The number of benzene rings is 3. The molecule has 0 aliphatic carbocycles. The van der Waals surface area contributed by atoms with Crippen LogP contribution in [0.1, 0.15) is 35.5 Å². The van der Waals surface area contributed by atoms with Gasteiger partial charge in [-0.15, -0.1) is 10.2 Å². The average Bonchev–Trinajstić information content (AvgIpc) is 3.23. The van der Waals surface area contributed by atoms with Crippen LogP contribution in [0, 0.1) is 6.92 Å². The highest BCUT2D eigenvalue weighted by atomic mass is 32.2. The van der Waals surface area contributed by atoms with Crippen molar-refractivity contribution < 1.29 is 8.42 Å². The largest absolute Gasteiger partial charge is 0.273 e. The predicted octanol–water partition coefficient (Wildman–Crippen LogP) is 5.05. The molecule has 3 aromatic carbocycles. The van der Waals surface area contributed by atoms with Crippen molar-refractivity contribution >= 4 is 21.8 Å². The second kappa shape index (κ2) is 10.3. The van der Waals surface area contributed by atoms with Gasteiger partial charge in [-0.2, -0.15) is 0 Å². The van der Waals surface area contributed by atoms with E-state index >= 15 is 0 Å². The van der Waals surface area contributed by atoms with Crippen LogP contribution in [-0.4, -0.2) is 23.2 Å². The first kappa shape index (κ1) is 23.2. The Morgan fingerprint density at radius 2 is 1.48 bits per heavy atom. The molecule has 4 aromatic rings. The molecule has 170 valence electrons. The van der Waals surface area contributed by atoms with Crippen molar-refractivity contribution in [2.75, 3.05) is 0 Å². The van der Waals surface area contributed by atoms with Crippen LogP contribution in [0.25, 0.3) is 5.69 Å². The van der Waals surface area contributed by atoms with E-state index in [0.717, 1.165) is 22.6 Å². The van der Waals surface area contributed by atoms with Crippen molar-refractivity contribution in [3.63, 3.8) is 0 Å². The zero-order valence-electron chi connectivity index (χ0n) is 18.5. The van der Waals surface area contributed by atoms with Crippen LogP contribution in [-0.2, 0) is 21.5 Å². The molecule has 0 saturated heterocycles. The van der Waals surface area contributed by atoms with E-state index in [1.807, 2.05) is 72.2 Å². The highest BCUT2D eigenvalue weighted by Gasteiger charge is 2.24. The third-order valence-corrected chi connectivity index (χ3v) is 7.53. The lowest BCUT2D eigenvalue weighted by Crippen LogP contribution is -2.29. The average molecular weight is 479 g/mol. The zero-order valence-corrected chi connectivity index (χ0v) is 20.2. The highest BCUT2D eigenvalue weighted by Crippen LogP contribution is 2.28. The van der Waals surface area contributed by atoms with Gasteiger partial charge in [-0.1, -0.05) is 90.1 Å². The van der Waals surface area contributed by atoms with E-state index in [9.17, 15) is 8.42 Å². The monoisotopic (exact) mass is 478 g/mol. The molecule has 0 fully saturated rings. The third kappa shape index (κ3) is 6.10. The van der Waals surface area contributed by atoms with Gasteiger partial charge in [0.25, 0.3) is 0 Å². The van der Waals surface area contributed by atoms with Crippen LogP contribution in [0.3, 0.4) is 0 Å². The van der Waals surface area contributed by atoms with E-state index in [-0.39, 0.29) is 5.75 Å². The number of nitrogens with one attached hydrogen (secondary N) is 1. The van der Waals surface area contributed by atoms with E-state index < -0.39 is 16.1 Å². The van der Waals surface area contributed by atoms with Crippen LogP contribution in [0.15, 0.2) is 90.1 Å². The Bertz CT molecular complexity index is 1290. The van der Waals surface area contributed by atoms with Crippen molar-refractivity contribution in [3.8, 4) is 5.69 Å². The van der Waals surface area contributed by atoms with Crippen LogP contribution in [0.2, 0.25) is 0 Å². The number of rotatable bonds is 9. The normalized spacial score (nSPS) is 12.5. The van der Waals surface area contributed by atoms with Crippen molar-refractivity contribution in [1.82, 2.24) is 19.5 Å². The maximum Gasteiger partial charge on any atom is 0.216 e. The van der Waals surface area contributed by atoms with Crippen molar-refractivity contribution in [2.45, 2.75) is 36.6 Å². The van der Waals surface area contributed by atoms with Gasteiger partial charge < -0.3 is 0 Å². The Balaban J connectivity index is 1.61. The summed E-state index contributed by atoms with van der Waals surface area (Å²) in [6.45, 7) is 3.82. The first-order chi connectivity index (χ1) is 15.9. The fourth-order valence-electron chi connectivity index (χ4n) is 3.47. The summed E-state index contributed by atoms with van der Waals surface area (Å²) in [7, 11) is -3.57. The topological polar surface area (TPSA) is 76.9 Å². The summed E-state index contributed by atoms with van der Waals surface area (Å²) in [5.41, 5.74) is 3.95. The number of aryl methyl sites for hydroxylation is 1. The number of nitrogens with zero attached hydrogens (tertiary/aromatic N) is 3. The standard InChI is InChI=1S/C25H26N4O2S2/c1-19-13-15-23(16-14-19)29-24(26-27-25(29)32-17-21-9-5-3-6-10-21)20(2)28-33(30,31)18-22-11-7-4-8-12-22/h3-16,20,28H,17-18H2,1-2H3. The smallest absolute Gasteiger partial charge is 0.216 e. The molecule has 33 heavy (non-hydrogen) atoms. The molecule has 0 amide bonds. The minimum Gasteiger partial charge on any atom is -0.273 e. The Hall–Kier alpha value is -2.94. The molecule has 8 heteroatoms. The second-order valence-corrected chi connectivity index (χ2v) is 10.6. The van der Waals surface area contributed by atoms with Crippen molar-refractivity contribution in [3.05, 3.63) is 107 Å². The minimum absolute atomic E-state index is 0.0908. The summed E-state index contributed by atoms with van der Waals surface area (Å²) >= 11 is 1.57. The Morgan fingerprint density at radius 3 is 2.12 bits per heavy atom. The van der Waals surface area contributed by atoms with Gasteiger partial charge in [0.15, 0.2) is 11.0 Å². The molecule has 1 heterocycles. The van der Waals surface area contributed by atoms with Gasteiger partial charge in [0, 0.05) is 11.4 Å². The van der Waals surface area contributed by atoms with Gasteiger partial charge in [-0.3, -0.25) is 4.57 Å². The molecule has 0 spiro atoms. The molecular weight excluding hydrogens is 452 g/mol. The Labute approximate surface area is 199 Å². The van der Waals surface area contributed by atoms with Crippen LogP contribution in [0.4, 0.5) is 0 Å². The predicted molar refractivity (Wildman–Crippen MR) is 133 cm³/mol. The lowest BCUT2D eigenvalue weighted by Gasteiger charge is -2.17. The summed E-state index contributed by atoms with van der Waals surface area (Å²) in [4.78, 5) is 0. The van der Waals surface area contributed by atoms with Crippen LogP contribution in [0.5, 0.6) is 0 Å². The van der Waals surface area contributed by atoms with E-state index in [1.165, 1.54) is 5.56 Å². The molecule has 1 atom stereocenters. The summed E-state index contributed by atoms with van der Waals surface area (Å²) in [6, 6.07) is 26.8. The molecule has 0 aliphatic rings. The molecule has 4 rings (SSSR count). The Morgan fingerprint density at radius 1 is 0.879 bits per heavy atom. The maximum absolute atomic E-state index is 12.8. The minimum atomic E-state index is -3.57. The van der Waals surface area contributed by atoms with E-state index in [2.05, 4.69) is 27.1 Å². The SMILES string of the molecule is Cc1ccc(-n2c(SCc3ccccc3)nnc2C(C)NS(=O)(=O)Cc2ccccc2)cc1. The van der Waals surface area contributed by atoms with E-state index in [1.54, 1.807) is 30.8 Å². The first-order valence-electron chi connectivity index (χ1n) is 10.6. The highest BCUT2D eigenvalue weighted by molar-refractivity contribution is 7.98. The number of aromatic nitrogens is 3. The molecule has 0 bridgehead atoms. The fourth-order valence-corrected chi connectivity index (χ4v) is 5.74. The van der Waals surface area contributed by atoms with Crippen molar-refractivity contribution in [1.29, 1.82) is 0 Å². The van der Waals surface area contributed by atoms with Gasteiger partial charge in [0.05, 0.1) is 11.8 Å². The second-order valence-electron chi connectivity index (χ2n) is 7.87. The summed E-state index contributed by atoms with van der Waals surface area (Å²) in [6.07, 6.45) is 0. The van der Waals surface area contributed by atoms with Gasteiger partial charge in [-0.05, 0) is 37.1 Å². The third-order valence-electron chi connectivity index (χ3n) is 5.10. The number of sulfonamides is 1. The molecule has 0 aliphatic heterocycles. The van der Waals surface area contributed by atoms with E-state index in [4.69, 9.17) is 0 Å². The Kier molecular flexibility index (Phi) is 7.27. The first-order valence-corrected chi connectivity index (χ1v) is 13.3. The summed E-state index contributed by atoms with van der Waals surface area (Å²) < 4.78 is 30.3. The molecule has 1 N–H and O–H groups in total. The number of hydrogen-bond acceptors (Lipinski definition) is 5. The molecule has 1 aromatic heterocycles. The molecule has 0 radical (unpaired) electrons. The van der Waals surface area contributed by atoms with Gasteiger partial charge in [0.1, 0.15) is 0 Å².